The van der Waals surface area contributed by atoms with Gasteiger partial charge in [-0.15, -0.1) is 11.3 Å². The van der Waals surface area contributed by atoms with Gasteiger partial charge in [-0.3, -0.25) is 14.3 Å². The van der Waals surface area contributed by atoms with Crippen LogP contribution in [0.3, 0.4) is 0 Å². The summed E-state index contributed by atoms with van der Waals surface area (Å²) in [4.78, 5) is 25.9. The van der Waals surface area contributed by atoms with Crippen LogP contribution >= 0.6 is 11.3 Å². The van der Waals surface area contributed by atoms with Crippen LogP contribution in [-0.2, 0) is 22.9 Å². The highest BCUT2D eigenvalue weighted by Gasteiger charge is 2.26. The maximum atomic E-state index is 12.8. The summed E-state index contributed by atoms with van der Waals surface area (Å²) in [5.41, 5.74) is 8.31. The number of thiophene rings is 1. The van der Waals surface area contributed by atoms with Crippen molar-refractivity contribution in [2.45, 2.75) is 31.1 Å². The first kappa shape index (κ1) is 21.1. The number of carbonyl (C=O) groups excluding carboxylic acids is 2. The van der Waals surface area contributed by atoms with Gasteiger partial charge in [-0.1, -0.05) is 23.8 Å². The minimum atomic E-state index is -3.79. The van der Waals surface area contributed by atoms with Crippen molar-refractivity contribution in [1.82, 2.24) is 0 Å². The second-order valence-corrected chi connectivity index (χ2v) is 10.2. The van der Waals surface area contributed by atoms with E-state index in [1.807, 2.05) is 6.92 Å². The Hall–Kier alpha value is -3.17. The zero-order valence-corrected chi connectivity index (χ0v) is 18.4. The Morgan fingerprint density at radius 3 is 2.52 bits per heavy atom. The fourth-order valence-corrected chi connectivity index (χ4v) is 5.92. The topological polar surface area (TPSA) is 118 Å². The standard InChI is InChI=1S/C22H21N3O4S2/c1-13-8-10-16(11-9-13)31(28,29)25-15-5-2-4-14(12-15)21(27)24-22-19(20(23)26)17-6-3-7-18(17)30-22/h2,4-5,8-12,25H,3,6-7H2,1H3,(H2,23,26)(H,24,27). The van der Waals surface area contributed by atoms with Gasteiger partial charge in [0, 0.05) is 16.1 Å². The maximum absolute atomic E-state index is 12.8. The molecule has 0 aliphatic heterocycles. The quantitative estimate of drug-likeness (QED) is 0.525. The van der Waals surface area contributed by atoms with Gasteiger partial charge >= 0.3 is 0 Å². The summed E-state index contributed by atoms with van der Waals surface area (Å²) >= 11 is 1.37. The first-order valence-corrected chi connectivity index (χ1v) is 12.0. The molecule has 1 aromatic heterocycles. The molecule has 4 rings (SSSR count). The normalized spacial score (nSPS) is 12.9. The lowest BCUT2D eigenvalue weighted by Crippen LogP contribution is -2.18. The summed E-state index contributed by atoms with van der Waals surface area (Å²) in [7, 11) is -3.79. The molecule has 0 saturated heterocycles. The van der Waals surface area contributed by atoms with E-state index in [0.717, 1.165) is 35.3 Å². The summed E-state index contributed by atoms with van der Waals surface area (Å²) in [6.07, 6.45) is 2.61. The number of fused-ring (bicyclic) bond motifs is 1. The summed E-state index contributed by atoms with van der Waals surface area (Å²) in [6, 6.07) is 12.7. The molecule has 0 fully saturated rings. The molecule has 2 amide bonds. The number of hydrogen-bond acceptors (Lipinski definition) is 5. The Labute approximate surface area is 184 Å². The van der Waals surface area contributed by atoms with Gasteiger partial charge in [0.1, 0.15) is 5.00 Å². The molecular weight excluding hydrogens is 434 g/mol. The molecule has 1 aliphatic carbocycles. The molecule has 0 atom stereocenters. The van der Waals surface area contributed by atoms with E-state index in [9.17, 15) is 18.0 Å². The number of rotatable bonds is 6. The summed E-state index contributed by atoms with van der Waals surface area (Å²) in [5.74, 6) is -1.01. The number of benzene rings is 2. The number of nitrogens with two attached hydrogens (primary N) is 1. The summed E-state index contributed by atoms with van der Waals surface area (Å²) in [6.45, 7) is 1.87. The molecule has 7 nitrogen and oxygen atoms in total. The molecule has 0 bridgehead atoms. The number of sulfonamides is 1. The minimum absolute atomic E-state index is 0.132. The molecular formula is C22H21N3O4S2. The number of anilines is 2. The van der Waals surface area contributed by atoms with Crippen LogP contribution in [0.5, 0.6) is 0 Å². The molecule has 1 aliphatic rings. The van der Waals surface area contributed by atoms with Crippen LogP contribution in [-0.4, -0.2) is 20.2 Å². The van der Waals surface area contributed by atoms with E-state index >= 15 is 0 Å². The van der Waals surface area contributed by atoms with Crippen LogP contribution in [0.4, 0.5) is 10.7 Å². The van der Waals surface area contributed by atoms with Gasteiger partial charge in [-0.25, -0.2) is 8.42 Å². The Morgan fingerprint density at radius 2 is 1.81 bits per heavy atom. The number of nitrogens with one attached hydrogen (secondary N) is 2. The van der Waals surface area contributed by atoms with Gasteiger partial charge in [0.25, 0.3) is 21.8 Å². The Balaban J connectivity index is 1.56. The van der Waals surface area contributed by atoms with Crippen LogP contribution < -0.4 is 15.8 Å². The highest BCUT2D eigenvalue weighted by atomic mass is 32.2. The third-order valence-electron chi connectivity index (χ3n) is 5.10. The number of aryl methyl sites for hydroxylation is 2. The van der Waals surface area contributed by atoms with Gasteiger partial charge in [0.15, 0.2) is 0 Å². The second kappa shape index (κ2) is 8.16. The molecule has 2 aromatic carbocycles. The first-order chi connectivity index (χ1) is 14.7. The fraction of sp³-hybridized carbons (Fsp3) is 0.182. The Morgan fingerprint density at radius 1 is 1.06 bits per heavy atom. The first-order valence-electron chi connectivity index (χ1n) is 9.70. The third kappa shape index (κ3) is 4.33. The largest absolute Gasteiger partial charge is 0.365 e. The number of primary amides is 1. The van der Waals surface area contributed by atoms with Crippen LogP contribution in [0.15, 0.2) is 53.4 Å². The van der Waals surface area contributed by atoms with Crippen LogP contribution in [0.25, 0.3) is 0 Å². The maximum Gasteiger partial charge on any atom is 0.261 e. The van der Waals surface area contributed by atoms with E-state index < -0.39 is 21.8 Å². The van der Waals surface area contributed by atoms with E-state index in [4.69, 9.17) is 5.73 Å². The number of carbonyl (C=O) groups is 2. The van der Waals surface area contributed by atoms with Crippen molar-refractivity contribution in [3.05, 3.63) is 75.7 Å². The zero-order chi connectivity index (χ0) is 22.2. The van der Waals surface area contributed by atoms with E-state index in [-0.39, 0.29) is 16.1 Å². The van der Waals surface area contributed by atoms with Crippen molar-refractivity contribution in [3.63, 3.8) is 0 Å². The summed E-state index contributed by atoms with van der Waals surface area (Å²) in [5, 5.41) is 3.20. The van der Waals surface area contributed by atoms with Crippen molar-refractivity contribution < 1.29 is 18.0 Å². The molecule has 0 radical (unpaired) electrons. The molecule has 0 unspecified atom stereocenters. The minimum Gasteiger partial charge on any atom is -0.365 e. The molecule has 31 heavy (non-hydrogen) atoms. The van der Waals surface area contributed by atoms with E-state index in [1.54, 1.807) is 30.3 Å². The van der Waals surface area contributed by atoms with Gasteiger partial charge in [-0.05, 0) is 62.1 Å². The average Bonchev–Trinajstić information content (AvgIpc) is 3.28. The van der Waals surface area contributed by atoms with Crippen molar-refractivity contribution in [2.75, 3.05) is 10.0 Å². The van der Waals surface area contributed by atoms with Crippen LogP contribution in [0.1, 0.15) is 43.1 Å². The van der Waals surface area contributed by atoms with Crippen molar-refractivity contribution in [1.29, 1.82) is 0 Å². The fourth-order valence-electron chi connectivity index (χ4n) is 3.58. The smallest absolute Gasteiger partial charge is 0.261 e. The number of hydrogen-bond donors (Lipinski definition) is 3. The molecule has 1 heterocycles. The van der Waals surface area contributed by atoms with Crippen molar-refractivity contribution in [3.8, 4) is 0 Å². The molecule has 160 valence electrons. The van der Waals surface area contributed by atoms with Gasteiger partial charge < -0.3 is 11.1 Å². The monoisotopic (exact) mass is 455 g/mol. The predicted octanol–water partition coefficient (Wildman–Crippen LogP) is 3.70. The highest BCUT2D eigenvalue weighted by molar-refractivity contribution is 7.92. The molecule has 3 aromatic rings. The summed E-state index contributed by atoms with van der Waals surface area (Å²) < 4.78 is 27.7. The van der Waals surface area contributed by atoms with Crippen LogP contribution in [0, 0.1) is 6.92 Å². The predicted molar refractivity (Wildman–Crippen MR) is 121 cm³/mol. The molecule has 0 saturated carbocycles. The van der Waals surface area contributed by atoms with Crippen LogP contribution in [0.2, 0.25) is 0 Å². The Bertz CT molecular complexity index is 1280. The lowest BCUT2D eigenvalue weighted by molar-refractivity contribution is 0.100. The van der Waals surface area contributed by atoms with E-state index in [0.29, 0.717) is 10.6 Å². The van der Waals surface area contributed by atoms with Gasteiger partial charge in [0.05, 0.1) is 10.5 Å². The lowest BCUT2D eigenvalue weighted by Gasteiger charge is -2.10. The number of amides is 2. The van der Waals surface area contributed by atoms with Crippen molar-refractivity contribution in [2.24, 2.45) is 5.73 Å². The molecule has 0 spiro atoms. The SMILES string of the molecule is Cc1ccc(S(=O)(=O)Nc2cccc(C(=O)Nc3sc4c(c3C(N)=O)CCC4)c2)cc1. The second-order valence-electron chi connectivity index (χ2n) is 7.38. The van der Waals surface area contributed by atoms with Gasteiger partial charge in [-0.2, -0.15) is 0 Å². The Kier molecular flexibility index (Phi) is 5.55. The average molecular weight is 456 g/mol. The molecule has 9 heteroatoms. The van der Waals surface area contributed by atoms with E-state index in [1.165, 1.54) is 29.5 Å². The van der Waals surface area contributed by atoms with Gasteiger partial charge in [0.2, 0.25) is 0 Å². The third-order valence-corrected chi connectivity index (χ3v) is 7.71. The zero-order valence-electron chi connectivity index (χ0n) is 16.8. The lowest BCUT2D eigenvalue weighted by atomic mass is 10.1. The highest BCUT2D eigenvalue weighted by Crippen LogP contribution is 2.39. The van der Waals surface area contributed by atoms with E-state index in [2.05, 4.69) is 10.0 Å². The van der Waals surface area contributed by atoms with Crippen molar-refractivity contribution >= 4 is 43.9 Å². The molecule has 4 N–H and O–H groups in total.